The number of amides is 2. The van der Waals surface area contributed by atoms with Crippen molar-refractivity contribution in [3.63, 3.8) is 0 Å². The number of hydrogen-bond donors (Lipinski definition) is 0. The predicted molar refractivity (Wildman–Crippen MR) is 112 cm³/mol. The zero-order chi connectivity index (χ0) is 20.3. The molecule has 3 rings (SSSR count). The number of methoxy groups -OCH3 is 1. The molecule has 1 saturated heterocycles. The number of rotatable bonds is 6. The number of halogens is 2. The van der Waals surface area contributed by atoms with E-state index < -0.39 is 0 Å². The maximum atomic E-state index is 12.2. The SMILES string of the molecule is CCN1C(=O)SC(=Cc2ccc(OCc3ccc(Cl)c(Cl)c3)c(OC)c2)C1=O. The first-order chi connectivity index (χ1) is 13.4. The summed E-state index contributed by atoms with van der Waals surface area (Å²) in [6.45, 7) is 2.41. The molecular weight excluding hydrogens is 421 g/mol. The maximum Gasteiger partial charge on any atom is 0.293 e. The van der Waals surface area contributed by atoms with Crippen molar-refractivity contribution in [1.29, 1.82) is 0 Å². The van der Waals surface area contributed by atoms with E-state index in [4.69, 9.17) is 32.7 Å². The van der Waals surface area contributed by atoms with Crippen molar-refractivity contribution in [2.75, 3.05) is 13.7 Å². The third kappa shape index (κ3) is 4.46. The fourth-order valence-corrected chi connectivity index (χ4v) is 3.83. The highest BCUT2D eigenvalue weighted by molar-refractivity contribution is 8.18. The summed E-state index contributed by atoms with van der Waals surface area (Å²) < 4.78 is 11.2. The molecule has 0 unspecified atom stereocenters. The summed E-state index contributed by atoms with van der Waals surface area (Å²) in [6.07, 6.45) is 1.67. The average Bonchev–Trinajstić information content (AvgIpc) is 2.95. The molecule has 0 atom stereocenters. The molecule has 1 aliphatic heterocycles. The molecule has 5 nitrogen and oxygen atoms in total. The Morgan fingerprint density at radius 2 is 1.86 bits per heavy atom. The molecule has 0 aromatic heterocycles. The van der Waals surface area contributed by atoms with Crippen LogP contribution in [0.3, 0.4) is 0 Å². The molecule has 2 aromatic carbocycles. The van der Waals surface area contributed by atoms with Gasteiger partial charge in [-0.2, -0.15) is 0 Å². The maximum absolute atomic E-state index is 12.2. The van der Waals surface area contributed by atoms with Gasteiger partial charge in [-0.05, 0) is 60.2 Å². The number of hydrogen-bond acceptors (Lipinski definition) is 5. The van der Waals surface area contributed by atoms with E-state index in [0.717, 1.165) is 22.9 Å². The van der Waals surface area contributed by atoms with Crippen LogP contribution in [0.25, 0.3) is 6.08 Å². The Kier molecular flexibility index (Phi) is 6.54. The first-order valence-electron chi connectivity index (χ1n) is 8.43. The van der Waals surface area contributed by atoms with E-state index in [-0.39, 0.29) is 11.1 Å². The topological polar surface area (TPSA) is 55.8 Å². The van der Waals surface area contributed by atoms with Gasteiger partial charge in [0.2, 0.25) is 0 Å². The quantitative estimate of drug-likeness (QED) is 0.547. The molecule has 2 amide bonds. The van der Waals surface area contributed by atoms with Crippen molar-refractivity contribution in [3.8, 4) is 11.5 Å². The number of ether oxygens (including phenoxy) is 2. The summed E-state index contributed by atoms with van der Waals surface area (Å²) in [4.78, 5) is 25.6. The van der Waals surface area contributed by atoms with Gasteiger partial charge in [-0.25, -0.2) is 0 Å². The van der Waals surface area contributed by atoms with Crippen LogP contribution >= 0.6 is 35.0 Å². The monoisotopic (exact) mass is 437 g/mol. The lowest BCUT2D eigenvalue weighted by atomic mass is 10.1. The van der Waals surface area contributed by atoms with E-state index in [0.29, 0.717) is 39.6 Å². The van der Waals surface area contributed by atoms with Crippen LogP contribution in [0.1, 0.15) is 18.1 Å². The fraction of sp³-hybridized carbons (Fsp3) is 0.200. The molecule has 0 radical (unpaired) electrons. The van der Waals surface area contributed by atoms with Gasteiger partial charge in [0.15, 0.2) is 11.5 Å². The van der Waals surface area contributed by atoms with Gasteiger partial charge in [-0.1, -0.05) is 35.3 Å². The molecule has 0 bridgehead atoms. The summed E-state index contributed by atoms with van der Waals surface area (Å²) in [5, 5.41) is 0.693. The summed E-state index contributed by atoms with van der Waals surface area (Å²) >= 11 is 12.9. The Labute approximate surface area is 177 Å². The Morgan fingerprint density at radius 3 is 2.50 bits per heavy atom. The summed E-state index contributed by atoms with van der Waals surface area (Å²) in [7, 11) is 1.54. The second kappa shape index (κ2) is 8.90. The van der Waals surface area contributed by atoms with E-state index >= 15 is 0 Å². The smallest absolute Gasteiger partial charge is 0.293 e. The third-order valence-corrected chi connectivity index (χ3v) is 5.70. The number of benzene rings is 2. The number of carbonyl (C=O) groups excluding carboxylic acids is 2. The van der Waals surface area contributed by atoms with Gasteiger partial charge in [0.25, 0.3) is 11.1 Å². The van der Waals surface area contributed by atoms with Crippen LogP contribution in [0.4, 0.5) is 4.79 Å². The van der Waals surface area contributed by atoms with Crippen LogP contribution in [-0.2, 0) is 11.4 Å². The Hall–Kier alpha value is -2.15. The highest BCUT2D eigenvalue weighted by Crippen LogP contribution is 2.34. The standard InChI is InChI=1S/C20H17Cl2NO4S/c1-3-23-19(24)18(28-20(23)25)10-12-5-7-16(17(9-12)26-2)27-11-13-4-6-14(21)15(22)8-13/h4-10H,3,11H2,1-2H3. The third-order valence-electron chi connectivity index (χ3n) is 4.05. The summed E-state index contributed by atoms with van der Waals surface area (Å²) in [5.74, 6) is 0.785. The first kappa shape index (κ1) is 20.6. The Bertz CT molecular complexity index is 961. The van der Waals surface area contributed by atoms with Crippen LogP contribution in [0.15, 0.2) is 41.3 Å². The normalized spacial score (nSPS) is 15.4. The molecular formula is C20H17Cl2NO4S. The van der Waals surface area contributed by atoms with Gasteiger partial charge in [-0.3, -0.25) is 14.5 Å². The second-order valence-corrected chi connectivity index (χ2v) is 7.68. The molecule has 0 N–H and O–H groups in total. The minimum absolute atomic E-state index is 0.257. The van der Waals surface area contributed by atoms with Crippen LogP contribution in [0.5, 0.6) is 11.5 Å². The molecule has 28 heavy (non-hydrogen) atoms. The van der Waals surface area contributed by atoms with E-state index in [1.165, 1.54) is 12.0 Å². The minimum atomic E-state index is -0.281. The first-order valence-corrected chi connectivity index (χ1v) is 10.00. The van der Waals surface area contributed by atoms with Crippen molar-refractivity contribution in [2.45, 2.75) is 13.5 Å². The lowest BCUT2D eigenvalue weighted by Crippen LogP contribution is -2.27. The molecule has 1 fully saturated rings. The van der Waals surface area contributed by atoms with Crippen LogP contribution < -0.4 is 9.47 Å². The fourth-order valence-electron chi connectivity index (χ4n) is 2.61. The van der Waals surface area contributed by atoms with Crippen LogP contribution in [0.2, 0.25) is 10.0 Å². The molecule has 0 spiro atoms. The molecule has 2 aromatic rings. The molecule has 0 saturated carbocycles. The number of carbonyl (C=O) groups is 2. The Morgan fingerprint density at radius 1 is 1.07 bits per heavy atom. The molecule has 146 valence electrons. The van der Waals surface area contributed by atoms with E-state index in [2.05, 4.69) is 0 Å². The number of imide groups is 1. The summed E-state index contributed by atoms with van der Waals surface area (Å²) in [6, 6.07) is 10.6. The number of thioether (sulfide) groups is 1. The zero-order valence-corrected chi connectivity index (χ0v) is 17.5. The van der Waals surface area contributed by atoms with Gasteiger partial charge in [0.05, 0.1) is 22.1 Å². The second-order valence-electron chi connectivity index (χ2n) is 5.87. The predicted octanol–water partition coefficient (Wildman–Crippen LogP) is 5.64. The van der Waals surface area contributed by atoms with Crippen LogP contribution in [-0.4, -0.2) is 29.7 Å². The number of likely N-dealkylation sites (N-methyl/N-ethyl adjacent to an activating group) is 1. The number of nitrogens with zero attached hydrogens (tertiary/aromatic N) is 1. The van der Waals surface area contributed by atoms with Gasteiger partial charge in [0.1, 0.15) is 6.61 Å². The lowest BCUT2D eigenvalue weighted by molar-refractivity contribution is -0.122. The van der Waals surface area contributed by atoms with E-state index in [9.17, 15) is 9.59 Å². The van der Waals surface area contributed by atoms with Crippen molar-refractivity contribution >= 4 is 52.2 Å². The summed E-state index contributed by atoms with van der Waals surface area (Å²) in [5.41, 5.74) is 1.61. The van der Waals surface area contributed by atoms with Gasteiger partial charge >= 0.3 is 0 Å². The van der Waals surface area contributed by atoms with Gasteiger partial charge < -0.3 is 9.47 Å². The zero-order valence-electron chi connectivity index (χ0n) is 15.2. The van der Waals surface area contributed by atoms with E-state index in [1.54, 1.807) is 43.3 Å². The minimum Gasteiger partial charge on any atom is -0.493 e. The van der Waals surface area contributed by atoms with Crippen molar-refractivity contribution in [1.82, 2.24) is 4.90 Å². The highest BCUT2D eigenvalue weighted by Gasteiger charge is 2.33. The molecule has 0 aliphatic carbocycles. The van der Waals surface area contributed by atoms with Crippen molar-refractivity contribution in [3.05, 3.63) is 62.5 Å². The highest BCUT2D eigenvalue weighted by atomic mass is 35.5. The lowest BCUT2D eigenvalue weighted by Gasteiger charge is -2.12. The molecule has 1 heterocycles. The van der Waals surface area contributed by atoms with Crippen LogP contribution in [0, 0.1) is 0 Å². The average molecular weight is 438 g/mol. The van der Waals surface area contributed by atoms with E-state index in [1.807, 2.05) is 6.07 Å². The molecule has 8 heteroatoms. The van der Waals surface area contributed by atoms with Crippen molar-refractivity contribution < 1.29 is 19.1 Å². The molecule has 1 aliphatic rings. The Balaban J connectivity index is 1.77. The van der Waals surface area contributed by atoms with Crippen molar-refractivity contribution in [2.24, 2.45) is 0 Å². The largest absolute Gasteiger partial charge is 0.493 e. The van der Waals surface area contributed by atoms with Gasteiger partial charge in [0, 0.05) is 6.54 Å². The van der Waals surface area contributed by atoms with Gasteiger partial charge in [-0.15, -0.1) is 0 Å².